The summed E-state index contributed by atoms with van der Waals surface area (Å²) in [4.78, 5) is 36.0. The lowest BCUT2D eigenvalue weighted by atomic mass is 10.4. The number of carboxylic acid groups (broad SMARTS) is 4. The van der Waals surface area contributed by atoms with Crippen molar-refractivity contribution >= 4 is 23.9 Å². The van der Waals surface area contributed by atoms with Crippen LogP contribution in [0.4, 0.5) is 0 Å². The molecule has 0 aromatic heterocycles. The van der Waals surface area contributed by atoms with Gasteiger partial charge in [0.05, 0.1) is 0 Å². The molecule has 9 heteroatoms. The summed E-state index contributed by atoms with van der Waals surface area (Å²) in [5.74, 6) is -3.33. The van der Waals surface area contributed by atoms with Crippen molar-refractivity contribution in [2.45, 2.75) is 35.1 Å². The van der Waals surface area contributed by atoms with Gasteiger partial charge in [0.25, 0.3) is 23.9 Å². The topological polar surface area (TPSA) is 173 Å². The Hall–Kier alpha value is -7.31. The number of aliphatic carboxylic acids is 4. The van der Waals surface area contributed by atoms with E-state index in [1.165, 1.54) is 0 Å². The van der Waals surface area contributed by atoms with E-state index in [9.17, 15) is 0 Å². The highest BCUT2D eigenvalue weighted by molar-refractivity contribution is 5.63. The van der Waals surface area contributed by atoms with Gasteiger partial charge in [0, 0.05) is 34.2 Å². The van der Waals surface area contributed by atoms with Crippen molar-refractivity contribution in [3.8, 4) is 6.55 Å². The van der Waals surface area contributed by atoms with Crippen LogP contribution in [0.15, 0.2) is 218 Å². The van der Waals surface area contributed by atoms with Crippen molar-refractivity contribution in [3.05, 3.63) is 218 Å². The second-order valence-corrected chi connectivity index (χ2v) is 9.00. The van der Waals surface area contributed by atoms with E-state index in [4.69, 9.17) is 46.2 Å². The van der Waals surface area contributed by atoms with Crippen molar-refractivity contribution in [3.63, 3.8) is 0 Å². The number of hydrogen-bond donors (Lipinski definition) is 4. The van der Waals surface area contributed by atoms with Gasteiger partial charge in [0.2, 0.25) is 0 Å². The maximum absolute atomic E-state index is 9.00. The Morgan fingerprint density at radius 2 is 0.327 bits per heavy atom. The molecule has 0 bridgehead atoms. The summed E-state index contributed by atoms with van der Waals surface area (Å²) in [5.41, 5.74) is 0. The van der Waals surface area contributed by atoms with Crippen molar-refractivity contribution in [2.24, 2.45) is 0 Å². The first-order chi connectivity index (χ1) is 26.3. The Bertz CT molecular complexity index is 1130. The number of carbonyl (C=O) groups is 4. The van der Waals surface area contributed by atoms with Gasteiger partial charge in [0.1, 0.15) is 0 Å². The summed E-state index contributed by atoms with van der Waals surface area (Å²) in [6.45, 7) is 5.33. The van der Waals surface area contributed by atoms with E-state index < -0.39 is 23.9 Å². The van der Waals surface area contributed by atoms with Gasteiger partial charge in [-0.3, -0.25) is 19.2 Å². The van der Waals surface area contributed by atoms with Gasteiger partial charge in [0.15, 0.2) is 1.37 Å². The van der Waals surface area contributed by atoms with E-state index in [2.05, 4.69) is 0 Å². The normalized spacial score (nSPS) is 7.22. The zero-order chi connectivity index (χ0) is 42.5. The number of rotatable bonds is 0. The Balaban J connectivity index is -0.000000124. The fraction of sp³-hybridized carbons (Fsp3) is 0.109. The largest absolute Gasteiger partial charge is 0.481 e. The maximum Gasteiger partial charge on any atom is 0.300 e. The van der Waals surface area contributed by atoms with E-state index >= 15 is 0 Å². The van der Waals surface area contributed by atoms with Gasteiger partial charge in [-0.25, -0.2) is 5.26 Å². The van der Waals surface area contributed by atoms with Gasteiger partial charge >= 0.3 is 0 Å². The lowest BCUT2D eigenvalue weighted by Gasteiger charge is -1.69. The fourth-order valence-electron chi connectivity index (χ4n) is 2.31. The molecule has 0 aliphatic heterocycles. The molecule has 0 saturated heterocycles. The van der Waals surface area contributed by atoms with Crippen LogP contribution < -0.4 is 0 Å². The van der Waals surface area contributed by atoms with Gasteiger partial charge in [-0.15, -0.1) is 0 Å². The number of carboxylic acids is 4. The minimum absolute atomic E-state index is 0. The van der Waals surface area contributed by atoms with Crippen LogP contribution in [0.3, 0.4) is 0 Å². The second-order valence-electron chi connectivity index (χ2n) is 9.00. The Kier molecular flexibility index (Phi) is 61.1. The van der Waals surface area contributed by atoms with Crippen molar-refractivity contribution < 1.29 is 41.0 Å². The minimum Gasteiger partial charge on any atom is -0.481 e. The molecule has 0 spiro atoms. The molecule has 9 nitrogen and oxygen atoms in total. The third-order valence-electron chi connectivity index (χ3n) is 4.00. The van der Waals surface area contributed by atoms with Crippen molar-refractivity contribution in [1.29, 1.82) is 5.26 Å². The van der Waals surface area contributed by atoms with Crippen LogP contribution in [0.2, 0.25) is 0 Å². The molecule has 0 aliphatic rings. The molecule has 0 heterocycles. The number of benzene rings is 6. The van der Waals surface area contributed by atoms with Crippen LogP contribution in [0.25, 0.3) is 0 Å². The standard InChI is InChI=1S/6C6H6.4C2H4O2.CHN.CH4/c6*1-2-4-6-5-3-1;4*1-2(3)4;1-2;/h6*1-6H;4*1H3,(H,3,4);1H;1H4/i;;;;;;;;;;1T;. The molecule has 0 amide bonds. The highest BCUT2D eigenvalue weighted by atomic mass is 16.4. The number of nitrogens with zero attached hydrogens (tertiary/aromatic N) is 1. The Labute approximate surface area is 329 Å². The highest BCUT2D eigenvalue weighted by Gasteiger charge is 1.67. The summed E-state index contributed by atoms with van der Waals surface area (Å²) in [7, 11) is 0. The molecule has 0 saturated carbocycles. The van der Waals surface area contributed by atoms with Gasteiger partial charge in [-0.1, -0.05) is 226 Å². The molecule has 55 heavy (non-hydrogen) atoms. The number of hydrogen-bond acceptors (Lipinski definition) is 5. The lowest BCUT2D eigenvalue weighted by Crippen LogP contribution is -1.78. The molecule has 4 N–H and O–H groups in total. The summed E-state index contributed by atoms with van der Waals surface area (Å²) in [6, 6.07) is 72.0. The van der Waals surface area contributed by atoms with Crippen molar-refractivity contribution in [2.75, 3.05) is 0 Å². The first kappa shape index (κ1) is 57.0. The van der Waals surface area contributed by atoms with E-state index in [0.717, 1.165) is 34.2 Å². The average molecular weight is 754 g/mol. The summed E-state index contributed by atoms with van der Waals surface area (Å²) in [5, 5.41) is 36.7. The smallest absolute Gasteiger partial charge is 0.300 e. The molecule has 6 aromatic rings. The molecule has 0 unspecified atom stereocenters. The average Bonchev–Trinajstić information content (AvgIpc) is 3.20. The molecular formula is C46H57NO8. The summed E-state index contributed by atoms with van der Waals surface area (Å²) < 4.78 is 5.51. The molecule has 294 valence electrons. The molecule has 0 radical (unpaired) electrons. The fourth-order valence-corrected chi connectivity index (χ4v) is 2.31. The first-order valence-electron chi connectivity index (χ1n) is 16.4. The predicted octanol–water partition coefficient (Wildman–Crippen LogP) is 11.3. The zero-order valence-corrected chi connectivity index (χ0v) is 31.2. The third kappa shape index (κ3) is 113. The van der Waals surface area contributed by atoms with Gasteiger partial charge < -0.3 is 20.4 Å². The van der Waals surface area contributed by atoms with Gasteiger partial charge in [-0.05, 0) is 0 Å². The van der Waals surface area contributed by atoms with E-state index in [1.54, 1.807) is 0 Å². The molecule has 6 aromatic carbocycles. The van der Waals surface area contributed by atoms with E-state index in [0.29, 0.717) is 0 Å². The Morgan fingerprint density at radius 1 is 0.309 bits per heavy atom. The van der Waals surface area contributed by atoms with Crippen LogP contribution in [-0.2, 0) is 19.2 Å². The monoisotopic (exact) mass is 753 g/mol. The SMILES string of the molecule is C.CC(=O)O.CC(=O)O.CC(=O)O.CC(=O)O.[3H]C#N.c1ccccc1.c1ccccc1.c1ccccc1.c1ccccc1.c1ccccc1.c1ccccc1. The molecule has 0 aliphatic carbocycles. The van der Waals surface area contributed by atoms with E-state index in [-0.39, 0.29) is 7.43 Å². The highest BCUT2D eigenvalue weighted by Crippen LogP contribution is 1.83. The van der Waals surface area contributed by atoms with Crippen LogP contribution in [-0.4, -0.2) is 44.3 Å². The third-order valence-corrected chi connectivity index (χ3v) is 4.00. The molecule has 6 rings (SSSR count). The summed E-state index contributed by atoms with van der Waals surface area (Å²) >= 11 is 0. The summed E-state index contributed by atoms with van der Waals surface area (Å²) in [6.07, 6.45) is 0. The second kappa shape index (κ2) is 58.9. The zero-order valence-electron chi connectivity index (χ0n) is 32.2. The van der Waals surface area contributed by atoms with E-state index in [1.807, 2.05) is 218 Å². The maximum atomic E-state index is 9.00. The van der Waals surface area contributed by atoms with Gasteiger partial charge in [-0.2, -0.15) is 0 Å². The predicted molar refractivity (Wildman–Crippen MR) is 225 cm³/mol. The lowest BCUT2D eigenvalue weighted by molar-refractivity contribution is -0.135. The van der Waals surface area contributed by atoms with Crippen LogP contribution in [0, 0.1) is 11.8 Å². The first-order valence-corrected chi connectivity index (χ1v) is 15.9. The quantitative estimate of drug-likeness (QED) is 0.118. The molecular weight excluding hydrogens is 695 g/mol. The Morgan fingerprint density at radius 3 is 0.345 bits per heavy atom. The number of nitriles is 1. The minimum atomic E-state index is -0.833. The molecule has 0 fully saturated rings. The van der Waals surface area contributed by atoms with Crippen LogP contribution in [0.1, 0.15) is 36.5 Å². The van der Waals surface area contributed by atoms with Crippen LogP contribution >= 0.6 is 0 Å². The van der Waals surface area contributed by atoms with Crippen molar-refractivity contribution in [1.82, 2.24) is 0 Å². The van der Waals surface area contributed by atoms with Crippen LogP contribution in [0.5, 0.6) is 0 Å². The molecule has 0 atom stereocenters.